The van der Waals surface area contributed by atoms with E-state index in [4.69, 9.17) is 13.9 Å². The molecule has 0 bridgehead atoms. The molecule has 1 heterocycles. The molecule has 0 amide bonds. The van der Waals surface area contributed by atoms with Gasteiger partial charge >= 0.3 is 0 Å². The summed E-state index contributed by atoms with van der Waals surface area (Å²) in [5, 5.41) is 3.30. The normalized spacial score (nSPS) is 22.4. The summed E-state index contributed by atoms with van der Waals surface area (Å²) in [5.41, 5.74) is 1.02. The van der Waals surface area contributed by atoms with Gasteiger partial charge in [0.25, 0.3) is 0 Å². The molecule has 0 atom stereocenters. The van der Waals surface area contributed by atoms with Gasteiger partial charge in [-0.25, -0.2) is 4.98 Å². The molecule has 1 aromatic rings. The summed E-state index contributed by atoms with van der Waals surface area (Å²) < 4.78 is 16.1. The van der Waals surface area contributed by atoms with Gasteiger partial charge in [-0.05, 0) is 25.7 Å². The Labute approximate surface area is 114 Å². The topological polar surface area (TPSA) is 56.5 Å². The Balaban J connectivity index is 1.71. The van der Waals surface area contributed by atoms with Crippen molar-refractivity contribution in [3.05, 3.63) is 17.8 Å². The fourth-order valence-electron chi connectivity index (χ4n) is 2.46. The third kappa shape index (κ3) is 4.30. The molecule has 1 fully saturated rings. The van der Waals surface area contributed by atoms with Crippen LogP contribution in [-0.2, 0) is 22.4 Å². The molecule has 1 saturated carbocycles. The maximum Gasteiger partial charge on any atom is 0.181 e. The minimum Gasteiger partial charge on any atom is -0.448 e. The van der Waals surface area contributed by atoms with Gasteiger partial charge in [0.15, 0.2) is 6.39 Å². The zero-order valence-corrected chi connectivity index (χ0v) is 11.9. The third-order valence-electron chi connectivity index (χ3n) is 3.57. The lowest BCUT2D eigenvalue weighted by atomic mass is 9.79. The lowest BCUT2D eigenvalue weighted by Gasteiger charge is -2.34. The van der Waals surface area contributed by atoms with E-state index in [2.05, 4.69) is 10.3 Å². The van der Waals surface area contributed by atoms with Gasteiger partial charge in [-0.15, -0.1) is 0 Å². The van der Waals surface area contributed by atoms with Crippen LogP contribution in [0.3, 0.4) is 0 Å². The fraction of sp³-hybridized carbons (Fsp3) is 0.786. The molecule has 108 valence electrons. The van der Waals surface area contributed by atoms with Crippen LogP contribution in [0.1, 0.15) is 31.2 Å². The van der Waals surface area contributed by atoms with Crippen molar-refractivity contribution in [2.24, 2.45) is 5.92 Å². The molecule has 5 heteroatoms. The Bertz CT molecular complexity index is 361. The van der Waals surface area contributed by atoms with E-state index in [0.717, 1.165) is 50.4 Å². The van der Waals surface area contributed by atoms with Gasteiger partial charge < -0.3 is 19.2 Å². The fourth-order valence-corrected chi connectivity index (χ4v) is 2.46. The van der Waals surface area contributed by atoms with Crippen molar-refractivity contribution in [3.8, 4) is 0 Å². The summed E-state index contributed by atoms with van der Waals surface area (Å²) >= 11 is 0. The lowest BCUT2D eigenvalue weighted by Crippen LogP contribution is -2.32. The molecule has 19 heavy (non-hydrogen) atoms. The van der Waals surface area contributed by atoms with Gasteiger partial charge in [0, 0.05) is 33.2 Å². The Morgan fingerprint density at radius 2 is 2.32 bits per heavy atom. The third-order valence-corrected chi connectivity index (χ3v) is 3.57. The van der Waals surface area contributed by atoms with Gasteiger partial charge in [-0.3, -0.25) is 0 Å². The van der Waals surface area contributed by atoms with Gasteiger partial charge in [0.05, 0.1) is 18.4 Å². The number of nitrogens with zero attached hydrogens (tertiary/aromatic N) is 1. The van der Waals surface area contributed by atoms with Crippen LogP contribution in [0.5, 0.6) is 0 Å². The quantitative estimate of drug-likeness (QED) is 0.692. The van der Waals surface area contributed by atoms with Crippen molar-refractivity contribution in [2.75, 3.05) is 26.9 Å². The first kappa shape index (κ1) is 14.5. The molecular weight excluding hydrogens is 244 g/mol. The van der Waals surface area contributed by atoms with Crippen LogP contribution in [0.4, 0.5) is 0 Å². The monoisotopic (exact) mass is 268 g/mol. The summed E-state index contributed by atoms with van der Waals surface area (Å²) in [4.78, 5) is 4.28. The molecule has 1 aliphatic carbocycles. The number of hydrogen-bond donors (Lipinski definition) is 1. The molecule has 0 aliphatic heterocycles. The predicted molar refractivity (Wildman–Crippen MR) is 71.9 cm³/mol. The highest BCUT2D eigenvalue weighted by molar-refractivity contribution is 5.09. The lowest BCUT2D eigenvalue weighted by molar-refractivity contribution is -0.0252. The van der Waals surface area contributed by atoms with Crippen molar-refractivity contribution in [2.45, 2.75) is 38.8 Å². The number of hydrogen-bond acceptors (Lipinski definition) is 5. The minimum absolute atomic E-state index is 0.459. The molecule has 1 aromatic heterocycles. The average molecular weight is 268 g/mol. The summed E-state index contributed by atoms with van der Waals surface area (Å²) in [6, 6.07) is 0. The summed E-state index contributed by atoms with van der Waals surface area (Å²) in [5.74, 6) is 1.70. The maximum absolute atomic E-state index is 5.58. The van der Waals surface area contributed by atoms with E-state index in [0.29, 0.717) is 18.6 Å². The van der Waals surface area contributed by atoms with Gasteiger partial charge in [-0.2, -0.15) is 0 Å². The van der Waals surface area contributed by atoms with Gasteiger partial charge in [0.1, 0.15) is 5.76 Å². The molecule has 0 spiro atoms. The van der Waals surface area contributed by atoms with Crippen LogP contribution in [0.2, 0.25) is 0 Å². The Morgan fingerprint density at radius 1 is 1.47 bits per heavy atom. The van der Waals surface area contributed by atoms with E-state index in [1.54, 1.807) is 13.5 Å². The molecule has 1 aliphatic rings. The highest BCUT2D eigenvalue weighted by Crippen LogP contribution is 2.33. The highest BCUT2D eigenvalue weighted by atomic mass is 16.5. The average Bonchev–Trinajstić information content (AvgIpc) is 2.80. The predicted octanol–water partition coefficient (Wildman–Crippen LogP) is 1.77. The number of rotatable bonds is 9. The van der Waals surface area contributed by atoms with E-state index in [1.807, 2.05) is 6.92 Å². The SMILES string of the molecule is CCOC1CC(Cc2ocnc2CNCCOC)C1. The minimum atomic E-state index is 0.459. The van der Waals surface area contributed by atoms with E-state index >= 15 is 0 Å². The second-order valence-corrected chi connectivity index (χ2v) is 5.01. The molecule has 0 radical (unpaired) electrons. The molecule has 5 nitrogen and oxygen atoms in total. The summed E-state index contributed by atoms with van der Waals surface area (Å²) in [6.07, 6.45) is 5.27. The molecule has 1 N–H and O–H groups in total. The van der Waals surface area contributed by atoms with E-state index in [-0.39, 0.29) is 0 Å². The Morgan fingerprint density at radius 3 is 3.05 bits per heavy atom. The number of oxazole rings is 1. The number of ether oxygens (including phenoxy) is 2. The number of nitrogens with one attached hydrogen (secondary N) is 1. The smallest absolute Gasteiger partial charge is 0.181 e. The standard InChI is InChI=1S/C14H24N2O3/c1-3-18-12-6-11(7-12)8-14-13(16-10-19-14)9-15-4-5-17-2/h10-12,15H,3-9H2,1-2H3. The first-order valence-electron chi connectivity index (χ1n) is 7.06. The number of aromatic nitrogens is 1. The number of methoxy groups -OCH3 is 1. The van der Waals surface area contributed by atoms with Crippen molar-refractivity contribution >= 4 is 0 Å². The molecule has 0 unspecified atom stereocenters. The summed E-state index contributed by atoms with van der Waals surface area (Å²) in [7, 11) is 1.70. The van der Waals surface area contributed by atoms with Crippen LogP contribution >= 0.6 is 0 Å². The largest absolute Gasteiger partial charge is 0.448 e. The van der Waals surface area contributed by atoms with Crippen LogP contribution in [-0.4, -0.2) is 38.0 Å². The first-order chi connectivity index (χ1) is 9.33. The van der Waals surface area contributed by atoms with E-state index in [1.165, 1.54) is 0 Å². The van der Waals surface area contributed by atoms with Crippen LogP contribution in [0, 0.1) is 5.92 Å². The van der Waals surface area contributed by atoms with Crippen LogP contribution in [0.15, 0.2) is 10.8 Å². The second kappa shape index (κ2) is 7.62. The van der Waals surface area contributed by atoms with Gasteiger partial charge in [0.2, 0.25) is 0 Å². The Kier molecular flexibility index (Phi) is 5.82. The first-order valence-corrected chi connectivity index (χ1v) is 7.06. The summed E-state index contributed by atoms with van der Waals surface area (Å²) in [6.45, 7) is 5.16. The molecule has 2 rings (SSSR count). The van der Waals surface area contributed by atoms with Gasteiger partial charge in [-0.1, -0.05) is 0 Å². The zero-order chi connectivity index (χ0) is 13.5. The highest BCUT2D eigenvalue weighted by Gasteiger charge is 2.31. The Hall–Kier alpha value is -0.910. The molecule has 0 saturated heterocycles. The molecule has 0 aromatic carbocycles. The van der Waals surface area contributed by atoms with Crippen molar-refractivity contribution in [1.82, 2.24) is 10.3 Å². The maximum atomic E-state index is 5.58. The van der Waals surface area contributed by atoms with Crippen LogP contribution < -0.4 is 5.32 Å². The van der Waals surface area contributed by atoms with Crippen molar-refractivity contribution in [1.29, 1.82) is 0 Å². The molecular formula is C14H24N2O3. The van der Waals surface area contributed by atoms with E-state index in [9.17, 15) is 0 Å². The second-order valence-electron chi connectivity index (χ2n) is 5.01. The van der Waals surface area contributed by atoms with E-state index < -0.39 is 0 Å². The van der Waals surface area contributed by atoms with Crippen molar-refractivity contribution < 1.29 is 13.9 Å². The van der Waals surface area contributed by atoms with Crippen molar-refractivity contribution in [3.63, 3.8) is 0 Å². The van der Waals surface area contributed by atoms with Crippen LogP contribution in [0.25, 0.3) is 0 Å². The zero-order valence-electron chi connectivity index (χ0n) is 11.9.